The second-order valence-electron chi connectivity index (χ2n) is 5.12. The SMILES string of the molecule is CC(C)C(C)[Si](C)(C)c1ccccc1. The van der Waals surface area contributed by atoms with Crippen LogP contribution in [0, 0.1) is 5.92 Å². The zero-order chi connectivity index (χ0) is 10.8. The minimum atomic E-state index is -1.25. The molecule has 0 aliphatic heterocycles. The van der Waals surface area contributed by atoms with E-state index >= 15 is 0 Å². The molecule has 0 saturated heterocycles. The molecule has 0 bridgehead atoms. The van der Waals surface area contributed by atoms with Gasteiger partial charge in [0.1, 0.15) is 0 Å². The van der Waals surface area contributed by atoms with Crippen LogP contribution in [0.15, 0.2) is 30.3 Å². The Morgan fingerprint density at radius 1 is 0.929 bits per heavy atom. The van der Waals surface area contributed by atoms with Crippen LogP contribution in [0.2, 0.25) is 18.6 Å². The van der Waals surface area contributed by atoms with Crippen molar-refractivity contribution in [3.05, 3.63) is 30.3 Å². The van der Waals surface area contributed by atoms with Crippen LogP contribution in [0.1, 0.15) is 20.8 Å². The summed E-state index contributed by atoms with van der Waals surface area (Å²) >= 11 is 0. The number of rotatable bonds is 3. The van der Waals surface area contributed by atoms with Gasteiger partial charge in [-0.15, -0.1) is 0 Å². The van der Waals surface area contributed by atoms with E-state index in [0.717, 1.165) is 11.5 Å². The third-order valence-corrected chi connectivity index (χ3v) is 8.42. The van der Waals surface area contributed by atoms with Crippen LogP contribution in [-0.4, -0.2) is 8.07 Å². The van der Waals surface area contributed by atoms with E-state index < -0.39 is 8.07 Å². The Bertz CT molecular complexity index is 275. The molecule has 1 aromatic rings. The summed E-state index contributed by atoms with van der Waals surface area (Å²) in [6, 6.07) is 11.0. The first-order valence-corrected chi connectivity index (χ1v) is 8.59. The Labute approximate surface area is 89.4 Å². The maximum Gasteiger partial charge on any atom is 0.0836 e. The standard InChI is InChI=1S/C13H22Si/c1-11(2)12(3)14(4,5)13-9-7-6-8-10-13/h6-12H,1-5H3. The van der Waals surface area contributed by atoms with Gasteiger partial charge in [0, 0.05) is 0 Å². The predicted octanol–water partition coefficient (Wildman–Crippen LogP) is 3.65. The molecular formula is C13H22Si. The summed E-state index contributed by atoms with van der Waals surface area (Å²) in [6.45, 7) is 12.0. The van der Waals surface area contributed by atoms with Gasteiger partial charge >= 0.3 is 0 Å². The number of hydrogen-bond donors (Lipinski definition) is 0. The molecule has 14 heavy (non-hydrogen) atoms. The summed E-state index contributed by atoms with van der Waals surface area (Å²) < 4.78 is 0. The molecule has 0 spiro atoms. The molecule has 1 rings (SSSR count). The Morgan fingerprint density at radius 2 is 1.43 bits per heavy atom. The van der Waals surface area contributed by atoms with Gasteiger partial charge in [-0.2, -0.15) is 0 Å². The number of hydrogen-bond acceptors (Lipinski definition) is 0. The lowest BCUT2D eigenvalue weighted by molar-refractivity contribution is 0.608. The molecular weight excluding hydrogens is 184 g/mol. The van der Waals surface area contributed by atoms with E-state index in [4.69, 9.17) is 0 Å². The van der Waals surface area contributed by atoms with Gasteiger partial charge in [0.25, 0.3) is 0 Å². The van der Waals surface area contributed by atoms with E-state index in [1.54, 1.807) is 5.19 Å². The second-order valence-corrected chi connectivity index (χ2v) is 10.1. The van der Waals surface area contributed by atoms with Crippen molar-refractivity contribution in [3.63, 3.8) is 0 Å². The minimum Gasteiger partial charge on any atom is -0.0652 e. The molecule has 1 unspecified atom stereocenters. The molecule has 0 aliphatic rings. The smallest absolute Gasteiger partial charge is 0.0652 e. The number of benzene rings is 1. The van der Waals surface area contributed by atoms with E-state index in [1.807, 2.05) is 0 Å². The van der Waals surface area contributed by atoms with E-state index in [9.17, 15) is 0 Å². The molecule has 0 fully saturated rings. The summed E-state index contributed by atoms with van der Waals surface area (Å²) in [5.41, 5.74) is 0.838. The third kappa shape index (κ3) is 2.27. The fourth-order valence-corrected chi connectivity index (χ4v) is 5.21. The molecule has 78 valence electrons. The van der Waals surface area contributed by atoms with Crippen molar-refractivity contribution in [2.45, 2.75) is 39.4 Å². The summed E-state index contributed by atoms with van der Waals surface area (Å²) in [7, 11) is -1.25. The van der Waals surface area contributed by atoms with Crippen LogP contribution in [0.3, 0.4) is 0 Å². The predicted molar refractivity (Wildman–Crippen MR) is 67.8 cm³/mol. The molecule has 1 aromatic carbocycles. The molecule has 0 radical (unpaired) electrons. The van der Waals surface area contributed by atoms with Crippen molar-refractivity contribution in [1.82, 2.24) is 0 Å². The van der Waals surface area contributed by atoms with Crippen molar-refractivity contribution in [2.24, 2.45) is 5.92 Å². The lowest BCUT2D eigenvalue weighted by Gasteiger charge is -2.33. The molecule has 0 saturated carbocycles. The highest BCUT2D eigenvalue weighted by atomic mass is 28.3. The fraction of sp³-hybridized carbons (Fsp3) is 0.538. The highest BCUT2D eigenvalue weighted by Gasteiger charge is 2.31. The lowest BCUT2D eigenvalue weighted by atomic mass is 10.1. The van der Waals surface area contributed by atoms with Gasteiger partial charge in [-0.3, -0.25) is 0 Å². The van der Waals surface area contributed by atoms with Gasteiger partial charge in [0.05, 0.1) is 8.07 Å². The molecule has 1 atom stereocenters. The van der Waals surface area contributed by atoms with Gasteiger partial charge in [-0.05, 0) is 11.5 Å². The van der Waals surface area contributed by atoms with Gasteiger partial charge in [0.15, 0.2) is 0 Å². The zero-order valence-corrected chi connectivity index (χ0v) is 11.0. The van der Waals surface area contributed by atoms with Crippen molar-refractivity contribution in [2.75, 3.05) is 0 Å². The highest BCUT2D eigenvalue weighted by Crippen LogP contribution is 2.28. The maximum atomic E-state index is 2.48. The second kappa shape index (κ2) is 4.31. The largest absolute Gasteiger partial charge is 0.0836 e. The van der Waals surface area contributed by atoms with Crippen molar-refractivity contribution in [3.8, 4) is 0 Å². The van der Waals surface area contributed by atoms with Crippen molar-refractivity contribution >= 4 is 13.3 Å². The minimum absolute atomic E-state index is 0.789. The van der Waals surface area contributed by atoms with E-state index in [-0.39, 0.29) is 0 Å². The summed E-state index contributed by atoms with van der Waals surface area (Å²) in [4.78, 5) is 0. The van der Waals surface area contributed by atoms with Crippen LogP contribution >= 0.6 is 0 Å². The Hall–Kier alpha value is -0.563. The zero-order valence-electron chi connectivity index (χ0n) is 10.0. The van der Waals surface area contributed by atoms with Crippen molar-refractivity contribution < 1.29 is 0 Å². The third-order valence-electron chi connectivity index (χ3n) is 3.66. The maximum absolute atomic E-state index is 2.48. The van der Waals surface area contributed by atoms with Crippen LogP contribution in [0.25, 0.3) is 0 Å². The average Bonchev–Trinajstić information content (AvgIpc) is 2.18. The quantitative estimate of drug-likeness (QED) is 0.662. The first kappa shape index (κ1) is 11.5. The molecule has 0 amide bonds. The van der Waals surface area contributed by atoms with Crippen molar-refractivity contribution in [1.29, 1.82) is 0 Å². The Balaban J connectivity index is 2.96. The normalized spacial score (nSPS) is 14.4. The highest BCUT2D eigenvalue weighted by molar-refractivity contribution is 6.90. The van der Waals surface area contributed by atoms with Crippen LogP contribution < -0.4 is 5.19 Å². The first-order chi connectivity index (χ1) is 6.46. The molecule has 0 nitrogen and oxygen atoms in total. The summed E-state index contributed by atoms with van der Waals surface area (Å²) in [6.07, 6.45) is 0. The monoisotopic (exact) mass is 206 g/mol. The molecule has 0 heterocycles. The topological polar surface area (TPSA) is 0 Å². The summed E-state index contributed by atoms with van der Waals surface area (Å²) in [5, 5.41) is 1.58. The molecule has 0 aliphatic carbocycles. The lowest BCUT2D eigenvalue weighted by Crippen LogP contribution is -2.46. The van der Waals surface area contributed by atoms with Gasteiger partial charge in [0.2, 0.25) is 0 Å². The van der Waals surface area contributed by atoms with E-state index in [1.165, 1.54) is 0 Å². The van der Waals surface area contributed by atoms with Gasteiger partial charge in [-0.1, -0.05) is 69.4 Å². The fourth-order valence-electron chi connectivity index (χ4n) is 1.96. The van der Waals surface area contributed by atoms with E-state index in [0.29, 0.717) is 0 Å². The molecule has 0 aromatic heterocycles. The Morgan fingerprint density at radius 3 is 1.86 bits per heavy atom. The van der Waals surface area contributed by atoms with Crippen LogP contribution in [-0.2, 0) is 0 Å². The Kier molecular flexibility index (Phi) is 3.54. The average molecular weight is 206 g/mol. The van der Waals surface area contributed by atoms with E-state index in [2.05, 4.69) is 64.2 Å². The summed E-state index contributed by atoms with van der Waals surface area (Å²) in [5.74, 6) is 0.789. The van der Waals surface area contributed by atoms with Gasteiger partial charge in [-0.25, -0.2) is 0 Å². The van der Waals surface area contributed by atoms with Crippen LogP contribution in [0.4, 0.5) is 0 Å². The van der Waals surface area contributed by atoms with Gasteiger partial charge < -0.3 is 0 Å². The van der Waals surface area contributed by atoms with Crippen LogP contribution in [0.5, 0.6) is 0 Å². The molecule has 0 N–H and O–H groups in total. The first-order valence-electron chi connectivity index (χ1n) is 5.51. The molecule has 1 heteroatoms.